The van der Waals surface area contributed by atoms with Crippen LogP contribution >= 0.6 is 33.9 Å². The van der Waals surface area contributed by atoms with Crippen molar-refractivity contribution < 1.29 is 8.83 Å². The summed E-state index contributed by atoms with van der Waals surface area (Å²) in [5.74, 6) is 1.43. The minimum absolute atomic E-state index is 0.611. The Morgan fingerprint density at radius 3 is 1.98 bits per heavy atom. The summed E-state index contributed by atoms with van der Waals surface area (Å²) in [5.41, 5.74) is 10.5. The van der Waals surface area contributed by atoms with Crippen LogP contribution in [-0.4, -0.2) is 14.5 Å². The van der Waals surface area contributed by atoms with Gasteiger partial charge in [0.15, 0.2) is 11.6 Å². The van der Waals surface area contributed by atoms with E-state index in [0.29, 0.717) is 5.82 Å². The molecule has 0 aliphatic rings. The van der Waals surface area contributed by atoms with E-state index in [2.05, 4.69) is 167 Å². The summed E-state index contributed by atoms with van der Waals surface area (Å²) in [7, 11) is 0. The molecule has 0 aliphatic heterocycles. The zero-order valence-electron chi connectivity index (χ0n) is 31.1. The summed E-state index contributed by atoms with van der Waals surface area (Å²) in [5, 5.41) is 9.22. The van der Waals surface area contributed by atoms with E-state index in [4.69, 9.17) is 18.8 Å². The third-order valence-electron chi connectivity index (χ3n) is 11.7. The van der Waals surface area contributed by atoms with Gasteiger partial charge >= 0.3 is 0 Å². The maximum absolute atomic E-state index is 6.62. The molecule has 0 radical (unpaired) electrons. The van der Waals surface area contributed by atoms with Crippen molar-refractivity contribution in [2.24, 2.45) is 0 Å². The third kappa shape index (κ3) is 4.83. The standard InChI is InChI=1S/C52H28IN3O2S/c53-48-49(37-18-11-22-42-46(37)35-16-5-8-20-40(35)57-42)54-51(30-24-25-36-43(28-30)58-41-21-10-17-31(45(36)41)29-12-2-1-3-13-29)55-52(48)56-38-19-7-4-15-34(38)47-39(56)27-26-33-32-14-6-9-23-44(32)59-50(33)47/h1-28H. The molecule has 8 aromatic carbocycles. The Morgan fingerprint density at radius 2 is 1.12 bits per heavy atom. The molecular weight excluding hydrogens is 858 g/mol. The zero-order valence-corrected chi connectivity index (χ0v) is 34.1. The van der Waals surface area contributed by atoms with Gasteiger partial charge in [0.1, 0.15) is 22.3 Å². The molecule has 0 unspecified atom stereocenters. The van der Waals surface area contributed by atoms with Gasteiger partial charge < -0.3 is 8.83 Å². The second-order valence-electron chi connectivity index (χ2n) is 15.0. The highest BCUT2D eigenvalue weighted by Crippen LogP contribution is 2.46. The largest absolute Gasteiger partial charge is 0.456 e. The quantitative estimate of drug-likeness (QED) is 0.165. The number of thiophene rings is 1. The van der Waals surface area contributed by atoms with Crippen LogP contribution in [-0.2, 0) is 0 Å². The fraction of sp³-hybridized carbons (Fsp3) is 0. The first kappa shape index (κ1) is 33.2. The van der Waals surface area contributed by atoms with Gasteiger partial charge in [0.2, 0.25) is 0 Å². The minimum Gasteiger partial charge on any atom is -0.456 e. The van der Waals surface area contributed by atoms with Crippen LogP contribution in [0, 0.1) is 3.57 Å². The summed E-state index contributed by atoms with van der Waals surface area (Å²) < 4.78 is 18.9. The first-order valence-electron chi connectivity index (χ1n) is 19.5. The van der Waals surface area contributed by atoms with Gasteiger partial charge in [0.25, 0.3) is 0 Å². The summed E-state index contributed by atoms with van der Waals surface area (Å²) in [6, 6.07) is 59.6. The molecule has 0 saturated carbocycles. The molecule has 13 rings (SSSR count). The number of aromatic nitrogens is 3. The normalized spacial score (nSPS) is 12.2. The Kier molecular flexibility index (Phi) is 7.08. The van der Waals surface area contributed by atoms with Crippen molar-refractivity contribution in [3.8, 4) is 39.6 Å². The maximum atomic E-state index is 6.62. The van der Waals surface area contributed by atoms with Gasteiger partial charge in [-0.3, -0.25) is 4.57 Å². The number of nitrogens with zero attached hydrogens (tertiary/aromatic N) is 3. The lowest BCUT2D eigenvalue weighted by Crippen LogP contribution is -2.06. The Morgan fingerprint density at radius 1 is 0.458 bits per heavy atom. The molecule has 276 valence electrons. The zero-order chi connectivity index (χ0) is 38.8. The monoisotopic (exact) mass is 885 g/mol. The number of benzene rings is 8. The van der Waals surface area contributed by atoms with Gasteiger partial charge in [0.05, 0.1) is 20.3 Å². The lowest BCUT2D eigenvalue weighted by Gasteiger charge is -2.15. The molecule has 0 aliphatic carbocycles. The highest BCUT2D eigenvalue weighted by atomic mass is 127. The van der Waals surface area contributed by atoms with Crippen LogP contribution in [0.5, 0.6) is 0 Å². The molecule has 0 bridgehead atoms. The SMILES string of the molecule is Ic1c(-c2cccc3oc4ccccc4c23)nc(-c2ccc3c(c2)oc2cccc(-c4ccccc4)c23)nc1-n1c2ccccc2c2c3sc4ccccc4c3ccc21. The van der Waals surface area contributed by atoms with E-state index in [1.807, 2.05) is 41.7 Å². The van der Waals surface area contributed by atoms with Crippen LogP contribution in [0.3, 0.4) is 0 Å². The second-order valence-corrected chi connectivity index (χ2v) is 17.1. The average Bonchev–Trinajstić information content (AvgIpc) is 4.05. The molecule has 5 nitrogen and oxygen atoms in total. The topological polar surface area (TPSA) is 57.0 Å². The predicted octanol–water partition coefficient (Wildman–Crippen LogP) is 15.3. The van der Waals surface area contributed by atoms with Crippen molar-refractivity contribution in [3.63, 3.8) is 0 Å². The van der Waals surface area contributed by atoms with E-state index in [9.17, 15) is 0 Å². The average molecular weight is 886 g/mol. The van der Waals surface area contributed by atoms with Crippen molar-refractivity contribution in [1.29, 1.82) is 0 Å². The number of fused-ring (bicyclic) bond motifs is 13. The summed E-state index contributed by atoms with van der Waals surface area (Å²) in [6.45, 7) is 0. The van der Waals surface area contributed by atoms with Gasteiger partial charge in [-0.05, 0) is 82.2 Å². The smallest absolute Gasteiger partial charge is 0.162 e. The van der Waals surface area contributed by atoms with Crippen LogP contribution < -0.4 is 0 Å². The number of para-hydroxylation sites is 2. The Bertz CT molecular complexity index is 3870. The van der Waals surface area contributed by atoms with Gasteiger partial charge in [-0.1, -0.05) is 121 Å². The predicted molar refractivity (Wildman–Crippen MR) is 253 cm³/mol. The van der Waals surface area contributed by atoms with Crippen LogP contribution in [0.4, 0.5) is 0 Å². The van der Waals surface area contributed by atoms with Gasteiger partial charge in [0, 0.05) is 63.6 Å². The third-order valence-corrected chi connectivity index (χ3v) is 13.9. The molecule has 0 atom stereocenters. The van der Waals surface area contributed by atoms with Gasteiger partial charge in [-0.15, -0.1) is 11.3 Å². The van der Waals surface area contributed by atoms with Crippen molar-refractivity contribution in [2.75, 3.05) is 0 Å². The first-order chi connectivity index (χ1) is 29.2. The molecule has 0 saturated heterocycles. The molecule has 5 aromatic heterocycles. The minimum atomic E-state index is 0.611. The second kappa shape index (κ2) is 12.6. The fourth-order valence-corrected chi connectivity index (χ4v) is 11.2. The number of hydrogen-bond acceptors (Lipinski definition) is 5. The molecule has 0 spiro atoms. The molecule has 5 heterocycles. The fourth-order valence-electron chi connectivity index (χ4n) is 9.15. The number of rotatable bonds is 4. The van der Waals surface area contributed by atoms with Crippen molar-refractivity contribution in [3.05, 3.63) is 173 Å². The van der Waals surface area contributed by atoms with E-state index in [0.717, 1.165) is 92.2 Å². The number of furan rings is 2. The highest BCUT2D eigenvalue weighted by Gasteiger charge is 2.25. The summed E-state index contributed by atoms with van der Waals surface area (Å²) in [4.78, 5) is 11.0. The van der Waals surface area contributed by atoms with E-state index >= 15 is 0 Å². The molecule has 13 aromatic rings. The van der Waals surface area contributed by atoms with Crippen LogP contribution in [0.25, 0.3) is 125 Å². The molecule has 0 N–H and O–H groups in total. The van der Waals surface area contributed by atoms with E-state index in [-0.39, 0.29) is 0 Å². The van der Waals surface area contributed by atoms with E-state index < -0.39 is 0 Å². The molecule has 0 amide bonds. The van der Waals surface area contributed by atoms with Crippen molar-refractivity contribution in [1.82, 2.24) is 14.5 Å². The van der Waals surface area contributed by atoms with Crippen LogP contribution in [0.15, 0.2) is 179 Å². The van der Waals surface area contributed by atoms with Crippen molar-refractivity contribution >= 4 is 120 Å². The number of hydrogen-bond donors (Lipinski definition) is 0. The van der Waals surface area contributed by atoms with Crippen LogP contribution in [0.1, 0.15) is 0 Å². The molecule has 7 heteroatoms. The summed E-state index contributed by atoms with van der Waals surface area (Å²) >= 11 is 4.33. The summed E-state index contributed by atoms with van der Waals surface area (Å²) in [6.07, 6.45) is 0. The number of halogens is 1. The van der Waals surface area contributed by atoms with E-state index in [1.54, 1.807) is 0 Å². The van der Waals surface area contributed by atoms with Gasteiger partial charge in [-0.25, -0.2) is 9.97 Å². The van der Waals surface area contributed by atoms with Crippen molar-refractivity contribution in [2.45, 2.75) is 0 Å². The molecular formula is C52H28IN3O2S. The Labute approximate surface area is 353 Å². The Hall–Kier alpha value is -6.81. The highest BCUT2D eigenvalue weighted by molar-refractivity contribution is 14.1. The Balaban J connectivity index is 1.11. The lowest BCUT2D eigenvalue weighted by atomic mass is 9.99. The molecule has 59 heavy (non-hydrogen) atoms. The van der Waals surface area contributed by atoms with Crippen LogP contribution in [0.2, 0.25) is 0 Å². The first-order valence-corrected chi connectivity index (χ1v) is 21.4. The maximum Gasteiger partial charge on any atom is 0.162 e. The van der Waals surface area contributed by atoms with E-state index in [1.165, 1.54) is 30.9 Å². The molecule has 0 fully saturated rings. The van der Waals surface area contributed by atoms with Gasteiger partial charge in [-0.2, -0.15) is 0 Å². The lowest BCUT2D eigenvalue weighted by molar-refractivity contribution is 0.668.